The molecule has 6 nitrogen and oxygen atoms in total. The van der Waals surface area contributed by atoms with Gasteiger partial charge in [-0.1, -0.05) is 20.8 Å². The highest BCUT2D eigenvalue weighted by atomic mass is 16.7. The van der Waals surface area contributed by atoms with Crippen LogP contribution in [0.5, 0.6) is 0 Å². The molecule has 2 heterocycles. The van der Waals surface area contributed by atoms with Crippen molar-refractivity contribution in [2.24, 2.45) is 11.3 Å². The van der Waals surface area contributed by atoms with Crippen LogP contribution in [0.1, 0.15) is 46.5 Å². The van der Waals surface area contributed by atoms with E-state index in [0.29, 0.717) is 31.9 Å². The number of amides is 3. The lowest BCUT2D eigenvalue weighted by Crippen LogP contribution is -2.54. The van der Waals surface area contributed by atoms with E-state index >= 15 is 0 Å². The van der Waals surface area contributed by atoms with Gasteiger partial charge >= 0.3 is 6.03 Å². The van der Waals surface area contributed by atoms with Crippen LogP contribution in [0, 0.1) is 11.3 Å². The minimum atomic E-state index is -0.719. The fourth-order valence-corrected chi connectivity index (χ4v) is 4.52. The lowest BCUT2D eigenvalue weighted by atomic mass is 9.64. The number of imide groups is 1. The first-order valence-corrected chi connectivity index (χ1v) is 8.15. The van der Waals surface area contributed by atoms with Crippen molar-refractivity contribution in [1.29, 1.82) is 0 Å². The molecule has 124 valence electrons. The monoisotopic (exact) mass is 310 g/mol. The van der Waals surface area contributed by atoms with Gasteiger partial charge in [0.2, 0.25) is 0 Å². The van der Waals surface area contributed by atoms with Gasteiger partial charge in [0.25, 0.3) is 5.91 Å². The summed E-state index contributed by atoms with van der Waals surface area (Å²) >= 11 is 0. The van der Waals surface area contributed by atoms with E-state index in [-0.39, 0.29) is 30.3 Å². The first-order valence-electron chi connectivity index (χ1n) is 8.15. The van der Waals surface area contributed by atoms with Gasteiger partial charge in [0.05, 0.1) is 19.3 Å². The molecule has 3 fully saturated rings. The maximum absolute atomic E-state index is 13.0. The lowest BCUT2D eigenvalue weighted by Gasteiger charge is -2.43. The van der Waals surface area contributed by atoms with E-state index in [2.05, 4.69) is 26.1 Å². The summed E-state index contributed by atoms with van der Waals surface area (Å²) in [6.07, 6.45) is 3.12. The van der Waals surface area contributed by atoms with Crippen LogP contribution in [0.25, 0.3) is 0 Å². The molecule has 0 bridgehead atoms. The topological polar surface area (TPSA) is 67.9 Å². The molecule has 3 aliphatic rings. The van der Waals surface area contributed by atoms with Gasteiger partial charge in [0.15, 0.2) is 0 Å². The Balaban J connectivity index is 1.75. The van der Waals surface area contributed by atoms with Crippen molar-refractivity contribution in [1.82, 2.24) is 10.2 Å². The molecule has 1 saturated carbocycles. The number of hydrogen-bond donors (Lipinski definition) is 1. The number of rotatable bonds is 2. The number of urea groups is 1. The van der Waals surface area contributed by atoms with Crippen LogP contribution in [0.4, 0.5) is 4.79 Å². The van der Waals surface area contributed by atoms with E-state index in [1.54, 1.807) is 0 Å². The van der Waals surface area contributed by atoms with E-state index in [1.165, 1.54) is 4.90 Å². The second-order valence-corrected chi connectivity index (χ2v) is 7.89. The summed E-state index contributed by atoms with van der Waals surface area (Å²) in [5.41, 5.74) is -0.658. The fourth-order valence-electron chi connectivity index (χ4n) is 4.52. The Kier molecular flexibility index (Phi) is 3.93. The normalized spacial score (nSPS) is 38.4. The largest absolute Gasteiger partial charge is 0.355 e. The third kappa shape index (κ3) is 2.86. The maximum Gasteiger partial charge on any atom is 0.325 e. The number of ether oxygens (including phenoxy) is 2. The molecule has 6 heteroatoms. The number of nitrogens with zero attached hydrogens (tertiary/aromatic N) is 1. The van der Waals surface area contributed by atoms with E-state index in [9.17, 15) is 9.59 Å². The third-order valence-corrected chi connectivity index (χ3v) is 4.98. The molecule has 0 aromatic carbocycles. The highest BCUT2D eigenvalue weighted by Gasteiger charge is 2.56. The molecule has 0 radical (unpaired) electrons. The Morgan fingerprint density at radius 2 is 2.09 bits per heavy atom. The molecule has 2 saturated heterocycles. The average Bonchev–Trinajstić information content (AvgIpc) is 2.61. The van der Waals surface area contributed by atoms with E-state index in [4.69, 9.17) is 9.47 Å². The molecule has 0 unspecified atom stereocenters. The summed E-state index contributed by atoms with van der Waals surface area (Å²) in [7, 11) is 0. The summed E-state index contributed by atoms with van der Waals surface area (Å²) in [6, 6.07) is -0.273. The van der Waals surface area contributed by atoms with Crippen molar-refractivity contribution in [3.05, 3.63) is 0 Å². The molecule has 1 spiro atoms. The van der Waals surface area contributed by atoms with Crippen LogP contribution in [0.3, 0.4) is 0 Å². The Bertz CT molecular complexity index is 473. The van der Waals surface area contributed by atoms with E-state index < -0.39 is 5.54 Å². The van der Waals surface area contributed by atoms with Crippen LogP contribution in [-0.2, 0) is 14.3 Å². The Hall–Kier alpha value is -1.14. The van der Waals surface area contributed by atoms with Gasteiger partial charge in [-0.05, 0) is 37.0 Å². The van der Waals surface area contributed by atoms with Gasteiger partial charge in [-0.25, -0.2) is 4.79 Å². The van der Waals surface area contributed by atoms with Gasteiger partial charge in [-0.3, -0.25) is 9.69 Å². The third-order valence-electron chi connectivity index (χ3n) is 4.98. The van der Waals surface area contributed by atoms with Crippen LogP contribution >= 0.6 is 0 Å². The van der Waals surface area contributed by atoms with Gasteiger partial charge < -0.3 is 14.8 Å². The number of nitrogens with one attached hydrogen (secondary N) is 1. The SMILES string of the molecule is C[C@@H]1CC(C)(C)C[C@@]2(C1)NC(=O)N(C[C@@H]1CCOCO1)C2=O. The van der Waals surface area contributed by atoms with Gasteiger partial charge in [-0.2, -0.15) is 0 Å². The van der Waals surface area contributed by atoms with Crippen LogP contribution in [0.2, 0.25) is 0 Å². The average molecular weight is 310 g/mol. The predicted molar refractivity (Wildman–Crippen MR) is 80.1 cm³/mol. The predicted octanol–water partition coefficient (Wildman–Crippen LogP) is 1.89. The van der Waals surface area contributed by atoms with Gasteiger partial charge in [-0.15, -0.1) is 0 Å². The molecule has 3 rings (SSSR count). The Labute approximate surface area is 131 Å². The quantitative estimate of drug-likeness (QED) is 0.791. The summed E-state index contributed by atoms with van der Waals surface area (Å²) in [5, 5.41) is 3.00. The minimum Gasteiger partial charge on any atom is -0.355 e. The van der Waals surface area contributed by atoms with Crippen LogP contribution in [-0.4, -0.2) is 48.4 Å². The summed E-state index contributed by atoms with van der Waals surface area (Å²) in [6.45, 7) is 7.69. The zero-order valence-electron chi connectivity index (χ0n) is 13.7. The van der Waals surface area contributed by atoms with Crippen LogP contribution in [0.15, 0.2) is 0 Å². The molecular weight excluding hydrogens is 284 g/mol. The van der Waals surface area contributed by atoms with Crippen molar-refractivity contribution >= 4 is 11.9 Å². The van der Waals surface area contributed by atoms with Crippen molar-refractivity contribution in [2.75, 3.05) is 19.9 Å². The zero-order chi connectivity index (χ0) is 16.0. The molecule has 1 N–H and O–H groups in total. The molecule has 22 heavy (non-hydrogen) atoms. The lowest BCUT2D eigenvalue weighted by molar-refractivity contribution is -0.151. The maximum atomic E-state index is 13.0. The minimum absolute atomic E-state index is 0.0613. The molecular formula is C16H26N2O4. The van der Waals surface area contributed by atoms with Crippen molar-refractivity contribution in [2.45, 2.75) is 58.1 Å². The molecule has 0 aromatic heterocycles. The number of carbonyl (C=O) groups is 2. The van der Waals surface area contributed by atoms with Crippen LogP contribution < -0.4 is 5.32 Å². The van der Waals surface area contributed by atoms with Crippen molar-refractivity contribution in [3.8, 4) is 0 Å². The summed E-state index contributed by atoms with van der Waals surface area (Å²) in [5.74, 6) is 0.347. The van der Waals surface area contributed by atoms with E-state index in [1.807, 2.05) is 0 Å². The second kappa shape index (κ2) is 5.49. The van der Waals surface area contributed by atoms with Crippen molar-refractivity contribution in [3.63, 3.8) is 0 Å². The number of carbonyl (C=O) groups excluding carboxylic acids is 2. The molecule has 2 aliphatic heterocycles. The highest BCUT2D eigenvalue weighted by molar-refractivity contribution is 6.07. The molecule has 3 amide bonds. The standard InChI is InChI=1S/C16H26N2O4/c1-11-6-15(2,3)9-16(7-11)13(19)18(14(20)17-16)8-12-4-5-21-10-22-12/h11-12H,4-10H2,1-3H3,(H,17,20)/t11-,12+,16-/m1/s1. The zero-order valence-corrected chi connectivity index (χ0v) is 13.7. The highest BCUT2D eigenvalue weighted by Crippen LogP contribution is 2.46. The first kappa shape index (κ1) is 15.7. The molecule has 1 aliphatic carbocycles. The van der Waals surface area contributed by atoms with E-state index in [0.717, 1.165) is 12.8 Å². The smallest absolute Gasteiger partial charge is 0.325 e. The summed E-state index contributed by atoms with van der Waals surface area (Å²) < 4.78 is 10.6. The Morgan fingerprint density at radius 1 is 1.32 bits per heavy atom. The molecule has 0 aromatic rings. The van der Waals surface area contributed by atoms with Gasteiger partial charge in [0.1, 0.15) is 12.3 Å². The summed E-state index contributed by atoms with van der Waals surface area (Å²) in [4.78, 5) is 26.7. The Morgan fingerprint density at radius 3 is 2.73 bits per heavy atom. The molecule has 3 atom stereocenters. The first-order chi connectivity index (χ1) is 10.3. The fraction of sp³-hybridized carbons (Fsp3) is 0.875. The van der Waals surface area contributed by atoms with Gasteiger partial charge in [0, 0.05) is 0 Å². The van der Waals surface area contributed by atoms with Crippen molar-refractivity contribution < 1.29 is 19.1 Å². The second-order valence-electron chi connectivity index (χ2n) is 7.89. The number of hydrogen-bond acceptors (Lipinski definition) is 4.